The highest BCUT2D eigenvalue weighted by Gasteiger charge is 2.19. The largest absolute Gasteiger partial charge is 0.381 e. The van der Waals surface area contributed by atoms with Gasteiger partial charge in [-0.05, 0) is 39.7 Å². The number of nitrogens with zero attached hydrogens (tertiary/aromatic N) is 1. The molecule has 0 spiro atoms. The summed E-state index contributed by atoms with van der Waals surface area (Å²) in [6.45, 7) is 7.30. The molecule has 1 rings (SSSR count). The van der Waals surface area contributed by atoms with Crippen LogP contribution >= 0.6 is 0 Å². The maximum absolute atomic E-state index is 5.88. The summed E-state index contributed by atoms with van der Waals surface area (Å²) in [6, 6.07) is 0.720. The Morgan fingerprint density at radius 2 is 1.93 bits per heavy atom. The van der Waals surface area contributed by atoms with Crippen LogP contribution in [0, 0.1) is 5.92 Å². The summed E-state index contributed by atoms with van der Waals surface area (Å²) in [4.78, 5) is 2.38. The van der Waals surface area contributed by atoms with Crippen molar-refractivity contribution in [1.82, 2.24) is 4.90 Å². The molecule has 2 N–H and O–H groups in total. The molecule has 1 fully saturated rings. The van der Waals surface area contributed by atoms with Crippen molar-refractivity contribution in [2.45, 2.75) is 38.8 Å². The predicted molar refractivity (Wildman–Crippen MR) is 59.3 cm³/mol. The first-order chi connectivity index (χ1) is 6.61. The lowest BCUT2D eigenvalue weighted by Gasteiger charge is -2.32. The molecule has 3 heteroatoms. The lowest BCUT2D eigenvalue weighted by atomic mass is 9.99. The Bertz CT molecular complexity index is 155. The number of nitrogens with two attached hydrogens (primary N) is 1. The van der Waals surface area contributed by atoms with Crippen molar-refractivity contribution in [3.63, 3.8) is 0 Å². The van der Waals surface area contributed by atoms with Crippen LogP contribution in [-0.2, 0) is 4.74 Å². The molecular formula is C11H24N2O. The number of rotatable bonds is 4. The van der Waals surface area contributed by atoms with E-state index in [1.165, 1.54) is 12.8 Å². The van der Waals surface area contributed by atoms with Gasteiger partial charge in [0, 0.05) is 31.8 Å². The highest BCUT2D eigenvalue weighted by molar-refractivity contribution is 4.75. The fraction of sp³-hybridized carbons (Fsp3) is 1.00. The van der Waals surface area contributed by atoms with E-state index in [0.717, 1.165) is 25.7 Å². The Morgan fingerprint density at radius 3 is 2.43 bits per heavy atom. The van der Waals surface area contributed by atoms with E-state index in [9.17, 15) is 0 Å². The van der Waals surface area contributed by atoms with Crippen LogP contribution < -0.4 is 5.73 Å². The minimum atomic E-state index is 0.250. The molecule has 1 saturated heterocycles. The van der Waals surface area contributed by atoms with Crippen molar-refractivity contribution in [1.29, 1.82) is 0 Å². The van der Waals surface area contributed by atoms with Gasteiger partial charge in [-0.15, -0.1) is 0 Å². The molecule has 0 aromatic heterocycles. The smallest absolute Gasteiger partial charge is 0.0469 e. The molecule has 84 valence electrons. The van der Waals surface area contributed by atoms with Crippen LogP contribution in [0.4, 0.5) is 0 Å². The predicted octanol–water partition coefficient (Wildman–Crippen LogP) is 1.08. The molecule has 14 heavy (non-hydrogen) atoms. The zero-order valence-electron chi connectivity index (χ0n) is 9.70. The topological polar surface area (TPSA) is 38.5 Å². The summed E-state index contributed by atoms with van der Waals surface area (Å²) in [5, 5.41) is 0. The zero-order valence-corrected chi connectivity index (χ0v) is 9.70. The van der Waals surface area contributed by atoms with Gasteiger partial charge in [-0.2, -0.15) is 0 Å². The third-order valence-electron chi connectivity index (χ3n) is 3.34. The molecule has 0 radical (unpaired) electrons. The SMILES string of the molecule is CC(N)C(C)N(C)CC1CCOCC1. The second-order valence-electron chi connectivity index (χ2n) is 4.60. The normalized spacial score (nSPS) is 23.8. The van der Waals surface area contributed by atoms with Crippen LogP contribution in [0.3, 0.4) is 0 Å². The molecule has 1 heterocycles. The van der Waals surface area contributed by atoms with Gasteiger partial charge in [0.1, 0.15) is 0 Å². The summed E-state index contributed by atoms with van der Waals surface area (Å²) < 4.78 is 5.35. The van der Waals surface area contributed by atoms with E-state index in [0.29, 0.717) is 6.04 Å². The van der Waals surface area contributed by atoms with Gasteiger partial charge in [-0.3, -0.25) is 0 Å². The number of ether oxygens (including phenoxy) is 1. The van der Waals surface area contributed by atoms with Gasteiger partial charge in [-0.25, -0.2) is 0 Å². The molecule has 1 aliphatic rings. The average molecular weight is 200 g/mol. The highest BCUT2D eigenvalue weighted by Crippen LogP contribution is 2.16. The van der Waals surface area contributed by atoms with Crippen LogP contribution in [0.1, 0.15) is 26.7 Å². The fourth-order valence-electron chi connectivity index (χ4n) is 1.90. The minimum absolute atomic E-state index is 0.250. The molecule has 0 aromatic carbocycles. The second-order valence-corrected chi connectivity index (χ2v) is 4.60. The molecule has 2 atom stereocenters. The van der Waals surface area contributed by atoms with Gasteiger partial charge < -0.3 is 15.4 Å². The third kappa shape index (κ3) is 3.56. The Labute approximate surface area is 87.6 Å². The summed E-state index contributed by atoms with van der Waals surface area (Å²) in [5.41, 5.74) is 5.88. The van der Waals surface area contributed by atoms with Crippen LogP contribution in [0.5, 0.6) is 0 Å². The van der Waals surface area contributed by atoms with Crippen LogP contribution in [0.2, 0.25) is 0 Å². The van der Waals surface area contributed by atoms with Crippen molar-refractivity contribution < 1.29 is 4.74 Å². The number of hydrogen-bond donors (Lipinski definition) is 1. The Morgan fingerprint density at radius 1 is 1.36 bits per heavy atom. The summed E-state index contributed by atoms with van der Waals surface area (Å²) in [5.74, 6) is 0.801. The molecule has 0 aliphatic carbocycles. The Hall–Kier alpha value is -0.120. The van der Waals surface area contributed by atoms with E-state index in [4.69, 9.17) is 10.5 Å². The van der Waals surface area contributed by atoms with Gasteiger partial charge in [-0.1, -0.05) is 0 Å². The van der Waals surface area contributed by atoms with Gasteiger partial charge >= 0.3 is 0 Å². The fourth-order valence-corrected chi connectivity index (χ4v) is 1.90. The van der Waals surface area contributed by atoms with Crippen molar-refractivity contribution in [2.75, 3.05) is 26.8 Å². The lowest BCUT2D eigenvalue weighted by molar-refractivity contribution is 0.0501. The lowest BCUT2D eigenvalue weighted by Crippen LogP contribution is -2.44. The van der Waals surface area contributed by atoms with Crippen molar-refractivity contribution in [3.05, 3.63) is 0 Å². The van der Waals surface area contributed by atoms with Crippen molar-refractivity contribution in [2.24, 2.45) is 11.7 Å². The van der Waals surface area contributed by atoms with E-state index >= 15 is 0 Å². The van der Waals surface area contributed by atoms with Gasteiger partial charge in [0.15, 0.2) is 0 Å². The zero-order chi connectivity index (χ0) is 10.6. The monoisotopic (exact) mass is 200 g/mol. The maximum atomic E-state index is 5.88. The number of hydrogen-bond acceptors (Lipinski definition) is 3. The maximum Gasteiger partial charge on any atom is 0.0469 e. The van der Waals surface area contributed by atoms with Crippen molar-refractivity contribution >= 4 is 0 Å². The molecule has 0 aromatic rings. The average Bonchev–Trinajstić information content (AvgIpc) is 2.18. The van der Waals surface area contributed by atoms with Crippen molar-refractivity contribution in [3.8, 4) is 0 Å². The van der Waals surface area contributed by atoms with E-state index in [-0.39, 0.29) is 6.04 Å². The molecule has 3 nitrogen and oxygen atoms in total. The van der Waals surface area contributed by atoms with E-state index < -0.39 is 0 Å². The summed E-state index contributed by atoms with van der Waals surface area (Å²) in [6.07, 6.45) is 2.41. The Kier molecular flexibility index (Phi) is 4.85. The Balaban J connectivity index is 2.27. The first-order valence-corrected chi connectivity index (χ1v) is 5.65. The van der Waals surface area contributed by atoms with E-state index in [1.807, 2.05) is 0 Å². The molecule has 0 saturated carbocycles. The molecule has 0 amide bonds. The van der Waals surface area contributed by atoms with Gasteiger partial charge in [0.25, 0.3) is 0 Å². The van der Waals surface area contributed by atoms with Crippen LogP contribution in [-0.4, -0.2) is 43.8 Å². The van der Waals surface area contributed by atoms with E-state index in [1.54, 1.807) is 0 Å². The first kappa shape index (κ1) is 12.0. The van der Waals surface area contributed by atoms with Crippen LogP contribution in [0.25, 0.3) is 0 Å². The quantitative estimate of drug-likeness (QED) is 0.738. The number of likely N-dealkylation sites (N-methyl/N-ethyl adjacent to an activating group) is 1. The summed E-state index contributed by atoms with van der Waals surface area (Å²) >= 11 is 0. The molecular weight excluding hydrogens is 176 g/mol. The van der Waals surface area contributed by atoms with Crippen LogP contribution in [0.15, 0.2) is 0 Å². The standard InChI is InChI=1S/C11H24N2O/c1-9(12)10(2)13(3)8-11-4-6-14-7-5-11/h9-11H,4-8,12H2,1-3H3. The minimum Gasteiger partial charge on any atom is -0.381 e. The third-order valence-corrected chi connectivity index (χ3v) is 3.34. The van der Waals surface area contributed by atoms with Gasteiger partial charge in [0.05, 0.1) is 0 Å². The highest BCUT2D eigenvalue weighted by atomic mass is 16.5. The molecule has 2 unspecified atom stereocenters. The molecule has 1 aliphatic heterocycles. The van der Waals surface area contributed by atoms with Gasteiger partial charge in [0.2, 0.25) is 0 Å². The molecule has 0 bridgehead atoms. The summed E-state index contributed by atoms with van der Waals surface area (Å²) in [7, 11) is 2.17. The second kappa shape index (κ2) is 5.69. The van der Waals surface area contributed by atoms with E-state index in [2.05, 4.69) is 25.8 Å². The first-order valence-electron chi connectivity index (χ1n) is 5.65.